The molecule has 0 radical (unpaired) electrons. The van der Waals surface area contributed by atoms with Crippen LogP contribution in [0.25, 0.3) is 11.0 Å². The molecule has 0 fully saturated rings. The van der Waals surface area contributed by atoms with E-state index in [0.29, 0.717) is 5.75 Å². The first-order chi connectivity index (χ1) is 12.0. The molecule has 4 nitrogen and oxygen atoms in total. The molecule has 0 aliphatic carbocycles. The Morgan fingerprint density at radius 1 is 1.20 bits per heavy atom. The Hall–Kier alpha value is -1.79. The van der Waals surface area contributed by atoms with Crippen molar-refractivity contribution in [3.05, 3.63) is 64.4 Å². The van der Waals surface area contributed by atoms with E-state index in [9.17, 15) is 4.79 Å². The molecule has 0 bridgehead atoms. The van der Waals surface area contributed by atoms with Crippen LogP contribution >= 0.6 is 27.7 Å². The van der Waals surface area contributed by atoms with Crippen LogP contribution in [0.5, 0.6) is 0 Å². The molecule has 1 amide bonds. The molecule has 0 saturated heterocycles. The lowest BCUT2D eigenvalue weighted by Crippen LogP contribution is -2.28. The number of carbonyl (C=O) groups excluding carboxylic acids is 1. The molecule has 130 valence electrons. The maximum atomic E-state index is 12.2. The summed E-state index contributed by atoms with van der Waals surface area (Å²) < 4.78 is 1.03. The molecule has 0 aliphatic heterocycles. The first-order valence-electron chi connectivity index (χ1n) is 8.14. The van der Waals surface area contributed by atoms with Crippen molar-refractivity contribution in [3.63, 3.8) is 0 Å². The van der Waals surface area contributed by atoms with E-state index >= 15 is 0 Å². The molecule has 1 aromatic heterocycles. The van der Waals surface area contributed by atoms with Crippen molar-refractivity contribution in [1.82, 2.24) is 15.3 Å². The number of aromatic amines is 1. The van der Waals surface area contributed by atoms with Crippen molar-refractivity contribution in [2.45, 2.75) is 25.1 Å². The van der Waals surface area contributed by atoms with E-state index in [1.165, 1.54) is 0 Å². The van der Waals surface area contributed by atoms with Crippen LogP contribution in [-0.4, -0.2) is 21.6 Å². The Bertz CT molecular complexity index is 829. The number of rotatable bonds is 6. The summed E-state index contributed by atoms with van der Waals surface area (Å²) in [4.78, 5) is 20.1. The van der Waals surface area contributed by atoms with Gasteiger partial charge in [0.05, 0.1) is 28.1 Å². The standard InChI is InChI=1S/C19H20BrN3OS/c1-12(14-7-9-15(20)10-8-14)21-18(24)11-25-13(2)19-22-16-5-3-4-6-17(16)23-19/h3-10,12-13H,11H2,1-2H3,(H,21,24)(H,22,23). The van der Waals surface area contributed by atoms with E-state index in [2.05, 4.69) is 38.1 Å². The molecule has 2 aromatic carbocycles. The number of fused-ring (bicyclic) bond motifs is 1. The lowest BCUT2D eigenvalue weighted by atomic mass is 10.1. The topological polar surface area (TPSA) is 57.8 Å². The second-order valence-corrected chi connectivity index (χ2v) is 8.18. The van der Waals surface area contributed by atoms with Crippen LogP contribution in [0.15, 0.2) is 53.0 Å². The molecule has 3 rings (SSSR count). The summed E-state index contributed by atoms with van der Waals surface area (Å²) in [6.45, 7) is 4.06. The van der Waals surface area contributed by atoms with Gasteiger partial charge in [-0.3, -0.25) is 4.79 Å². The number of para-hydroxylation sites is 2. The van der Waals surface area contributed by atoms with Gasteiger partial charge in [0, 0.05) is 4.47 Å². The predicted molar refractivity (Wildman–Crippen MR) is 108 cm³/mol. The number of halogens is 1. The summed E-state index contributed by atoms with van der Waals surface area (Å²) in [5, 5.41) is 3.17. The highest BCUT2D eigenvalue weighted by molar-refractivity contribution is 9.10. The molecule has 2 atom stereocenters. The number of H-pyrrole nitrogens is 1. The minimum Gasteiger partial charge on any atom is -0.349 e. The number of hydrogen-bond acceptors (Lipinski definition) is 3. The van der Waals surface area contributed by atoms with Gasteiger partial charge < -0.3 is 10.3 Å². The van der Waals surface area contributed by atoms with E-state index in [4.69, 9.17) is 0 Å². The Morgan fingerprint density at radius 2 is 1.92 bits per heavy atom. The number of amides is 1. The van der Waals surface area contributed by atoms with Crippen LogP contribution in [0.3, 0.4) is 0 Å². The maximum absolute atomic E-state index is 12.2. The summed E-state index contributed by atoms with van der Waals surface area (Å²) in [6.07, 6.45) is 0. The van der Waals surface area contributed by atoms with Gasteiger partial charge in [0.15, 0.2) is 0 Å². The van der Waals surface area contributed by atoms with Gasteiger partial charge in [0.2, 0.25) is 5.91 Å². The number of aromatic nitrogens is 2. The SMILES string of the molecule is CC(NC(=O)CSC(C)c1nc2ccccc2[nH]1)c1ccc(Br)cc1. The Kier molecular flexibility index (Phi) is 5.81. The summed E-state index contributed by atoms with van der Waals surface area (Å²) >= 11 is 5.00. The first-order valence-corrected chi connectivity index (χ1v) is 9.98. The number of thioether (sulfide) groups is 1. The van der Waals surface area contributed by atoms with E-state index < -0.39 is 0 Å². The number of nitrogens with zero attached hydrogens (tertiary/aromatic N) is 1. The average molecular weight is 418 g/mol. The molecule has 25 heavy (non-hydrogen) atoms. The summed E-state index contributed by atoms with van der Waals surface area (Å²) in [5.41, 5.74) is 3.07. The second kappa shape index (κ2) is 8.06. The zero-order valence-corrected chi connectivity index (χ0v) is 16.5. The number of carbonyl (C=O) groups is 1. The number of benzene rings is 2. The third kappa shape index (κ3) is 4.64. The van der Waals surface area contributed by atoms with Gasteiger partial charge in [0.25, 0.3) is 0 Å². The minimum absolute atomic E-state index is 0.0114. The molecule has 6 heteroatoms. The lowest BCUT2D eigenvalue weighted by molar-refractivity contribution is -0.119. The maximum Gasteiger partial charge on any atom is 0.230 e. The van der Waals surface area contributed by atoms with Crippen molar-refractivity contribution in [2.75, 3.05) is 5.75 Å². The second-order valence-electron chi connectivity index (χ2n) is 5.93. The summed E-state index contributed by atoms with van der Waals surface area (Å²) in [6, 6.07) is 15.9. The van der Waals surface area contributed by atoms with Gasteiger partial charge in [-0.15, -0.1) is 11.8 Å². The Balaban J connectivity index is 1.53. The van der Waals surface area contributed by atoms with Crippen LogP contribution < -0.4 is 5.32 Å². The summed E-state index contributed by atoms with van der Waals surface area (Å²) in [7, 11) is 0. The molecule has 3 aromatic rings. The third-order valence-electron chi connectivity index (χ3n) is 4.00. The molecule has 2 N–H and O–H groups in total. The molecule has 0 aliphatic rings. The van der Waals surface area contributed by atoms with Crippen molar-refractivity contribution in [3.8, 4) is 0 Å². The van der Waals surface area contributed by atoms with E-state index in [1.54, 1.807) is 11.8 Å². The highest BCUT2D eigenvalue weighted by atomic mass is 79.9. The smallest absolute Gasteiger partial charge is 0.230 e. The quantitative estimate of drug-likeness (QED) is 0.593. The van der Waals surface area contributed by atoms with E-state index in [0.717, 1.165) is 26.9 Å². The Labute approximate surface area is 159 Å². The highest BCUT2D eigenvalue weighted by Crippen LogP contribution is 2.27. The van der Waals surface area contributed by atoms with Crippen LogP contribution in [0.1, 0.15) is 36.5 Å². The van der Waals surface area contributed by atoms with Crippen LogP contribution in [0.4, 0.5) is 0 Å². The van der Waals surface area contributed by atoms with Crippen molar-refractivity contribution in [2.24, 2.45) is 0 Å². The largest absolute Gasteiger partial charge is 0.349 e. The number of imidazole rings is 1. The Morgan fingerprint density at radius 3 is 2.64 bits per heavy atom. The molecule has 0 saturated carbocycles. The molecular formula is C19H20BrN3OS. The van der Waals surface area contributed by atoms with Crippen molar-refractivity contribution >= 4 is 44.6 Å². The molecule has 0 spiro atoms. The van der Waals surface area contributed by atoms with Gasteiger partial charge in [-0.2, -0.15) is 0 Å². The fourth-order valence-corrected chi connectivity index (χ4v) is 3.58. The van der Waals surface area contributed by atoms with Gasteiger partial charge in [-0.1, -0.05) is 40.2 Å². The van der Waals surface area contributed by atoms with Crippen LogP contribution in [0.2, 0.25) is 0 Å². The lowest BCUT2D eigenvalue weighted by Gasteiger charge is -2.15. The molecule has 2 unspecified atom stereocenters. The fraction of sp³-hybridized carbons (Fsp3) is 0.263. The van der Waals surface area contributed by atoms with E-state index in [1.807, 2.05) is 55.5 Å². The fourth-order valence-electron chi connectivity index (χ4n) is 2.56. The summed E-state index contributed by atoms with van der Waals surface area (Å²) in [5.74, 6) is 1.34. The van der Waals surface area contributed by atoms with Crippen LogP contribution in [-0.2, 0) is 4.79 Å². The van der Waals surface area contributed by atoms with Gasteiger partial charge in [-0.05, 0) is 43.7 Å². The predicted octanol–water partition coefficient (Wildman–Crippen LogP) is 5.00. The zero-order valence-electron chi connectivity index (χ0n) is 14.1. The van der Waals surface area contributed by atoms with E-state index in [-0.39, 0.29) is 17.2 Å². The minimum atomic E-state index is -0.0114. The number of nitrogens with one attached hydrogen (secondary N) is 2. The van der Waals surface area contributed by atoms with Gasteiger partial charge >= 0.3 is 0 Å². The van der Waals surface area contributed by atoms with Crippen molar-refractivity contribution in [1.29, 1.82) is 0 Å². The highest BCUT2D eigenvalue weighted by Gasteiger charge is 2.15. The number of hydrogen-bond donors (Lipinski definition) is 2. The molecular weight excluding hydrogens is 398 g/mol. The van der Waals surface area contributed by atoms with Gasteiger partial charge in [-0.25, -0.2) is 4.98 Å². The van der Waals surface area contributed by atoms with Gasteiger partial charge in [0.1, 0.15) is 5.82 Å². The first kappa shape index (κ1) is 18.0. The monoisotopic (exact) mass is 417 g/mol. The van der Waals surface area contributed by atoms with Crippen molar-refractivity contribution < 1.29 is 4.79 Å². The average Bonchev–Trinajstić information content (AvgIpc) is 3.04. The normalized spacial score (nSPS) is 13.6. The third-order valence-corrected chi connectivity index (χ3v) is 5.69. The van der Waals surface area contributed by atoms with Crippen LogP contribution in [0, 0.1) is 0 Å². The zero-order chi connectivity index (χ0) is 17.8. The molecule has 1 heterocycles.